The van der Waals surface area contributed by atoms with Gasteiger partial charge < -0.3 is 10.1 Å². The summed E-state index contributed by atoms with van der Waals surface area (Å²) in [5.74, 6) is -0.865. The third kappa shape index (κ3) is 3.16. The fraction of sp³-hybridized carbons (Fsp3) is 0.158. The van der Waals surface area contributed by atoms with Crippen LogP contribution in [-0.2, 0) is 9.59 Å². The van der Waals surface area contributed by atoms with Crippen molar-refractivity contribution in [3.8, 4) is 5.75 Å². The molecule has 7 heteroatoms. The second-order valence-corrected chi connectivity index (χ2v) is 6.69. The molecule has 0 aliphatic carbocycles. The summed E-state index contributed by atoms with van der Waals surface area (Å²) in [5, 5.41) is 3.14. The molecule has 0 atom stereocenters. The number of carbonyl (C=O) groups is 2. The molecule has 1 aliphatic rings. The van der Waals surface area contributed by atoms with E-state index in [0.717, 1.165) is 16.0 Å². The summed E-state index contributed by atoms with van der Waals surface area (Å²) in [6.07, 6.45) is 0. The fourth-order valence-electron chi connectivity index (χ4n) is 2.63. The SMILES string of the molecule is COc1ccc(Cl)cc1N1C(=O)C(Cl)=C(Nc2ccc(C)c(C)c2)C1=O. The van der Waals surface area contributed by atoms with Crippen molar-refractivity contribution >= 4 is 46.4 Å². The van der Waals surface area contributed by atoms with Crippen molar-refractivity contribution in [2.75, 3.05) is 17.3 Å². The molecule has 0 bridgehead atoms. The molecule has 134 valence electrons. The summed E-state index contributed by atoms with van der Waals surface area (Å²) in [6.45, 7) is 3.95. The zero-order valence-electron chi connectivity index (χ0n) is 14.4. The molecule has 0 fully saturated rings. The first-order valence-electron chi connectivity index (χ1n) is 7.80. The average Bonchev–Trinajstić information content (AvgIpc) is 2.81. The molecule has 1 N–H and O–H groups in total. The van der Waals surface area contributed by atoms with Crippen LogP contribution in [0.15, 0.2) is 47.1 Å². The quantitative estimate of drug-likeness (QED) is 0.785. The zero-order valence-corrected chi connectivity index (χ0v) is 15.9. The Kier molecular flexibility index (Phi) is 4.94. The molecule has 1 aliphatic heterocycles. The van der Waals surface area contributed by atoms with Crippen LogP contribution in [0.4, 0.5) is 11.4 Å². The molecule has 0 spiro atoms. The lowest BCUT2D eigenvalue weighted by Crippen LogP contribution is -2.32. The first-order chi connectivity index (χ1) is 12.3. The molecule has 2 amide bonds. The van der Waals surface area contributed by atoms with Crippen LogP contribution in [0, 0.1) is 13.8 Å². The number of hydrogen-bond acceptors (Lipinski definition) is 4. The molecule has 0 saturated carbocycles. The van der Waals surface area contributed by atoms with E-state index in [1.165, 1.54) is 13.2 Å². The Bertz CT molecular complexity index is 954. The first-order valence-corrected chi connectivity index (χ1v) is 8.55. The largest absolute Gasteiger partial charge is 0.495 e. The predicted octanol–water partition coefficient (Wildman–Crippen LogP) is 4.40. The maximum Gasteiger partial charge on any atom is 0.283 e. The van der Waals surface area contributed by atoms with Crippen LogP contribution < -0.4 is 15.0 Å². The van der Waals surface area contributed by atoms with E-state index in [2.05, 4.69) is 5.32 Å². The van der Waals surface area contributed by atoms with Crippen molar-refractivity contribution in [1.29, 1.82) is 0 Å². The smallest absolute Gasteiger partial charge is 0.283 e. The highest BCUT2D eigenvalue weighted by Crippen LogP contribution is 2.37. The molecule has 0 unspecified atom stereocenters. The molecule has 3 rings (SSSR count). The summed E-state index contributed by atoms with van der Waals surface area (Å²) in [5.41, 5.74) is 3.10. The number of anilines is 2. The van der Waals surface area contributed by atoms with Crippen molar-refractivity contribution in [1.82, 2.24) is 0 Å². The number of aryl methyl sites for hydroxylation is 2. The van der Waals surface area contributed by atoms with Crippen molar-refractivity contribution < 1.29 is 14.3 Å². The lowest BCUT2D eigenvalue weighted by atomic mass is 10.1. The standard InChI is InChI=1S/C19H16Cl2N2O3/c1-10-4-6-13(8-11(10)2)22-17-16(21)18(24)23(19(17)25)14-9-12(20)5-7-15(14)26-3/h4-9,22H,1-3H3. The molecule has 0 saturated heterocycles. The van der Waals surface area contributed by atoms with Crippen LogP contribution in [0.2, 0.25) is 5.02 Å². The van der Waals surface area contributed by atoms with Gasteiger partial charge in [-0.3, -0.25) is 9.59 Å². The number of nitrogens with zero attached hydrogens (tertiary/aromatic N) is 1. The number of imide groups is 1. The van der Waals surface area contributed by atoms with Gasteiger partial charge in [0.2, 0.25) is 0 Å². The minimum Gasteiger partial charge on any atom is -0.495 e. The van der Waals surface area contributed by atoms with Gasteiger partial charge >= 0.3 is 0 Å². The van der Waals surface area contributed by atoms with Gasteiger partial charge in [0, 0.05) is 10.7 Å². The van der Waals surface area contributed by atoms with Gasteiger partial charge in [0.25, 0.3) is 11.8 Å². The van der Waals surface area contributed by atoms with Gasteiger partial charge in [0.1, 0.15) is 16.5 Å². The maximum atomic E-state index is 12.9. The van der Waals surface area contributed by atoms with Gasteiger partial charge in [0.05, 0.1) is 12.8 Å². The lowest BCUT2D eigenvalue weighted by Gasteiger charge is -2.18. The highest BCUT2D eigenvalue weighted by atomic mass is 35.5. The third-order valence-electron chi connectivity index (χ3n) is 4.19. The summed E-state index contributed by atoms with van der Waals surface area (Å²) < 4.78 is 5.24. The Hall–Kier alpha value is -2.50. The van der Waals surface area contributed by atoms with Crippen LogP contribution >= 0.6 is 23.2 Å². The van der Waals surface area contributed by atoms with Gasteiger partial charge in [0.15, 0.2) is 0 Å². The summed E-state index contributed by atoms with van der Waals surface area (Å²) in [4.78, 5) is 26.4. The van der Waals surface area contributed by atoms with Crippen LogP contribution in [-0.4, -0.2) is 18.9 Å². The third-order valence-corrected chi connectivity index (χ3v) is 4.77. The van der Waals surface area contributed by atoms with E-state index >= 15 is 0 Å². The minimum absolute atomic E-state index is 0.0157. The van der Waals surface area contributed by atoms with Crippen molar-refractivity contribution in [3.63, 3.8) is 0 Å². The Labute approximate surface area is 161 Å². The zero-order chi connectivity index (χ0) is 19.0. The van der Waals surface area contributed by atoms with Gasteiger partial charge in [-0.1, -0.05) is 29.3 Å². The van der Waals surface area contributed by atoms with Gasteiger partial charge in [-0.05, 0) is 55.3 Å². The normalized spacial score (nSPS) is 14.3. The van der Waals surface area contributed by atoms with Crippen molar-refractivity contribution in [3.05, 3.63) is 63.3 Å². The number of methoxy groups -OCH3 is 1. The molecule has 2 aromatic carbocycles. The lowest BCUT2D eigenvalue weighted by molar-refractivity contribution is -0.120. The molecule has 5 nitrogen and oxygen atoms in total. The van der Waals surface area contributed by atoms with E-state index in [1.807, 2.05) is 32.0 Å². The number of halogens is 2. The molecule has 0 radical (unpaired) electrons. The summed E-state index contributed by atoms with van der Waals surface area (Å²) >= 11 is 12.2. The van der Waals surface area contributed by atoms with E-state index in [-0.39, 0.29) is 16.4 Å². The highest BCUT2D eigenvalue weighted by Gasteiger charge is 2.40. The van der Waals surface area contributed by atoms with E-state index in [0.29, 0.717) is 16.5 Å². The number of rotatable bonds is 4. The van der Waals surface area contributed by atoms with Gasteiger partial charge in [-0.2, -0.15) is 0 Å². The Balaban J connectivity index is 1.97. The number of hydrogen-bond donors (Lipinski definition) is 1. The van der Waals surface area contributed by atoms with Crippen LogP contribution in [0.25, 0.3) is 0 Å². The van der Waals surface area contributed by atoms with Crippen LogP contribution in [0.1, 0.15) is 11.1 Å². The van der Waals surface area contributed by atoms with E-state index in [9.17, 15) is 9.59 Å². The molecule has 2 aromatic rings. The first kappa shape index (κ1) is 18.3. The number of nitrogens with one attached hydrogen (secondary N) is 1. The predicted molar refractivity (Wildman–Crippen MR) is 103 cm³/mol. The van der Waals surface area contributed by atoms with Gasteiger partial charge in [-0.15, -0.1) is 0 Å². The monoisotopic (exact) mass is 390 g/mol. The molecular formula is C19H16Cl2N2O3. The Morgan fingerprint density at radius 1 is 0.962 bits per heavy atom. The average molecular weight is 391 g/mol. The number of ether oxygens (including phenoxy) is 1. The van der Waals surface area contributed by atoms with E-state index < -0.39 is 11.8 Å². The van der Waals surface area contributed by atoms with Crippen LogP contribution in [0.3, 0.4) is 0 Å². The number of benzene rings is 2. The minimum atomic E-state index is -0.636. The maximum absolute atomic E-state index is 12.9. The van der Waals surface area contributed by atoms with Crippen molar-refractivity contribution in [2.45, 2.75) is 13.8 Å². The summed E-state index contributed by atoms with van der Waals surface area (Å²) in [6, 6.07) is 10.3. The molecule has 1 heterocycles. The second-order valence-electron chi connectivity index (χ2n) is 5.87. The molecule has 0 aromatic heterocycles. The molecule has 26 heavy (non-hydrogen) atoms. The van der Waals surface area contributed by atoms with Crippen LogP contribution in [0.5, 0.6) is 5.75 Å². The number of amides is 2. The Morgan fingerprint density at radius 3 is 2.35 bits per heavy atom. The molecular weight excluding hydrogens is 375 g/mol. The topological polar surface area (TPSA) is 58.6 Å². The highest BCUT2D eigenvalue weighted by molar-refractivity contribution is 6.53. The number of carbonyl (C=O) groups excluding carboxylic acids is 2. The second kappa shape index (κ2) is 7.02. The fourth-order valence-corrected chi connectivity index (χ4v) is 3.01. The Morgan fingerprint density at radius 2 is 1.69 bits per heavy atom. The van der Waals surface area contributed by atoms with E-state index in [4.69, 9.17) is 27.9 Å². The van der Waals surface area contributed by atoms with Gasteiger partial charge in [-0.25, -0.2) is 4.90 Å². The van der Waals surface area contributed by atoms with Crippen molar-refractivity contribution in [2.24, 2.45) is 0 Å². The van der Waals surface area contributed by atoms with E-state index in [1.54, 1.807) is 12.1 Å². The summed E-state index contributed by atoms with van der Waals surface area (Å²) in [7, 11) is 1.45.